The number of rotatable bonds is 4. The monoisotopic (exact) mass is 305 g/mol. The third kappa shape index (κ3) is 2.74. The van der Waals surface area contributed by atoms with E-state index in [1.807, 2.05) is 19.1 Å². The summed E-state index contributed by atoms with van der Waals surface area (Å²) < 4.78 is 27.9. The molecular formula is C10H12ClN3O2S2. The van der Waals surface area contributed by atoms with E-state index >= 15 is 0 Å². The summed E-state index contributed by atoms with van der Waals surface area (Å²) in [4.78, 5) is 5.87. The maximum absolute atomic E-state index is 12.0. The summed E-state index contributed by atoms with van der Waals surface area (Å²) in [5, 5.41) is -0.0372. The van der Waals surface area contributed by atoms with E-state index in [-0.39, 0.29) is 16.7 Å². The molecule has 2 rings (SSSR count). The van der Waals surface area contributed by atoms with Gasteiger partial charge in [0.15, 0.2) is 0 Å². The van der Waals surface area contributed by atoms with Gasteiger partial charge in [-0.05, 0) is 19.1 Å². The molecule has 0 aliphatic rings. The van der Waals surface area contributed by atoms with Crippen LogP contribution in [-0.4, -0.2) is 18.0 Å². The van der Waals surface area contributed by atoms with Gasteiger partial charge in [0.1, 0.15) is 5.15 Å². The van der Waals surface area contributed by atoms with Gasteiger partial charge in [-0.25, -0.2) is 18.1 Å². The second kappa shape index (κ2) is 5.00. The second-order valence-electron chi connectivity index (χ2n) is 3.79. The summed E-state index contributed by atoms with van der Waals surface area (Å²) >= 11 is 7.41. The number of halogens is 1. The molecule has 1 N–H and O–H groups in total. The summed E-state index contributed by atoms with van der Waals surface area (Å²) in [7, 11) is -2.03. The minimum atomic E-state index is -3.67. The van der Waals surface area contributed by atoms with Crippen molar-refractivity contribution in [3.8, 4) is 0 Å². The van der Waals surface area contributed by atoms with Crippen molar-refractivity contribution >= 4 is 33.0 Å². The van der Waals surface area contributed by atoms with Crippen molar-refractivity contribution in [3.63, 3.8) is 0 Å². The molecule has 0 bridgehead atoms. The fourth-order valence-corrected chi connectivity index (χ4v) is 3.74. The van der Waals surface area contributed by atoms with Gasteiger partial charge >= 0.3 is 0 Å². The van der Waals surface area contributed by atoms with Crippen LogP contribution in [0.1, 0.15) is 9.75 Å². The number of aromatic nitrogens is 2. The molecule has 0 aliphatic heterocycles. The lowest BCUT2D eigenvalue weighted by Crippen LogP contribution is -2.23. The molecule has 0 spiro atoms. The van der Waals surface area contributed by atoms with Crippen LogP contribution in [0.2, 0.25) is 5.15 Å². The zero-order chi connectivity index (χ0) is 13.3. The average Bonchev–Trinajstić information content (AvgIpc) is 2.85. The highest BCUT2D eigenvalue weighted by Crippen LogP contribution is 2.20. The van der Waals surface area contributed by atoms with Crippen LogP contribution >= 0.6 is 22.9 Å². The van der Waals surface area contributed by atoms with Gasteiger partial charge in [-0.15, -0.1) is 11.3 Å². The van der Waals surface area contributed by atoms with Crippen LogP contribution in [0.3, 0.4) is 0 Å². The molecule has 2 aromatic rings. The Morgan fingerprint density at radius 1 is 1.50 bits per heavy atom. The van der Waals surface area contributed by atoms with Crippen LogP contribution in [0.15, 0.2) is 23.5 Å². The number of hydrogen-bond acceptors (Lipinski definition) is 4. The average molecular weight is 306 g/mol. The number of aryl methyl sites for hydroxylation is 2. The predicted octanol–water partition coefficient (Wildman–Crippen LogP) is 1.92. The van der Waals surface area contributed by atoms with E-state index in [9.17, 15) is 8.42 Å². The third-order valence-electron chi connectivity index (χ3n) is 2.32. The minimum Gasteiger partial charge on any atom is -0.324 e. The molecule has 0 radical (unpaired) electrons. The topological polar surface area (TPSA) is 64.0 Å². The van der Waals surface area contributed by atoms with Crippen molar-refractivity contribution in [3.05, 3.63) is 33.4 Å². The molecule has 0 unspecified atom stereocenters. The van der Waals surface area contributed by atoms with E-state index in [4.69, 9.17) is 11.6 Å². The summed E-state index contributed by atoms with van der Waals surface area (Å²) in [5.74, 6) is 0. The second-order valence-corrected chi connectivity index (χ2v) is 7.20. The van der Waals surface area contributed by atoms with Gasteiger partial charge in [0.25, 0.3) is 10.0 Å². The van der Waals surface area contributed by atoms with Crippen LogP contribution in [0, 0.1) is 6.92 Å². The number of nitrogens with zero attached hydrogens (tertiary/aromatic N) is 2. The summed E-state index contributed by atoms with van der Waals surface area (Å²) in [6.07, 6.45) is 1.37. The number of thiophene rings is 1. The lowest BCUT2D eigenvalue weighted by molar-refractivity contribution is 0.578. The molecule has 0 aromatic carbocycles. The molecule has 5 nitrogen and oxygen atoms in total. The first-order valence-corrected chi connectivity index (χ1v) is 7.80. The van der Waals surface area contributed by atoms with Gasteiger partial charge in [-0.3, -0.25) is 0 Å². The molecule has 0 atom stereocenters. The van der Waals surface area contributed by atoms with Crippen molar-refractivity contribution in [1.82, 2.24) is 14.3 Å². The maximum atomic E-state index is 12.0. The van der Waals surface area contributed by atoms with Crippen LogP contribution in [-0.2, 0) is 23.6 Å². The molecule has 98 valence electrons. The minimum absolute atomic E-state index is 0.102. The van der Waals surface area contributed by atoms with Crippen LogP contribution in [0.4, 0.5) is 0 Å². The van der Waals surface area contributed by atoms with Crippen molar-refractivity contribution in [2.75, 3.05) is 0 Å². The number of imidazole rings is 1. The Kier molecular flexibility index (Phi) is 3.76. The van der Waals surface area contributed by atoms with E-state index in [0.29, 0.717) is 0 Å². The van der Waals surface area contributed by atoms with Gasteiger partial charge < -0.3 is 4.57 Å². The highest BCUT2D eigenvalue weighted by atomic mass is 35.5. The van der Waals surface area contributed by atoms with Crippen molar-refractivity contribution < 1.29 is 8.42 Å². The Hall–Kier alpha value is -0.890. The molecule has 0 aliphatic carbocycles. The van der Waals surface area contributed by atoms with E-state index in [1.54, 1.807) is 18.4 Å². The molecular weight excluding hydrogens is 294 g/mol. The number of sulfonamides is 1. The molecule has 2 aromatic heterocycles. The first-order chi connectivity index (χ1) is 8.40. The standard InChI is InChI=1S/C10H12ClN3O2S2/c1-7-3-4-8(17-7)5-13-18(15,16)10-9(11)14(2)6-12-10/h3-4,6,13H,5H2,1-2H3. The fraction of sp³-hybridized carbons (Fsp3) is 0.300. The van der Waals surface area contributed by atoms with Gasteiger partial charge in [-0.1, -0.05) is 11.6 Å². The van der Waals surface area contributed by atoms with E-state index in [2.05, 4.69) is 9.71 Å². The SMILES string of the molecule is Cc1ccc(CNS(=O)(=O)c2ncn(C)c2Cl)s1. The highest BCUT2D eigenvalue weighted by Gasteiger charge is 2.21. The maximum Gasteiger partial charge on any atom is 0.261 e. The Labute approximate surface area is 114 Å². The largest absolute Gasteiger partial charge is 0.324 e. The quantitative estimate of drug-likeness (QED) is 0.938. The molecule has 0 saturated carbocycles. The molecule has 0 fully saturated rings. The zero-order valence-corrected chi connectivity index (χ0v) is 12.2. The summed E-state index contributed by atoms with van der Waals surface area (Å²) in [6.45, 7) is 2.21. The normalized spacial score (nSPS) is 11.9. The van der Waals surface area contributed by atoms with Crippen molar-refractivity contribution in [2.45, 2.75) is 18.5 Å². The fourth-order valence-electron chi connectivity index (χ4n) is 1.39. The number of nitrogens with one attached hydrogen (secondary N) is 1. The summed E-state index contributed by atoms with van der Waals surface area (Å²) in [5.41, 5.74) is 0. The van der Waals surface area contributed by atoms with E-state index in [0.717, 1.165) is 9.75 Å². The zero-order valence-electron chi connectivity index (χ0n) is 9.84. The molecule has 18 heavy (non-hydrogen) atoms. The van der Waals surface area contributed by atoms with Gasteiger partial charge in [0.05, 0.1) is 6.33 Å². The van der Waals surface area contributed by atoms with Gasteiger partial charge in [0.2, 0.25) is 5.03 Å². The van der Waals surface area contributed by atoms with Gasteiger partial charge in [0, 0.05) is 23.3 Å². The lowest BCUT2D eigenvalue weighted by atomic mass is 10.4. The van der Waals surface area contributed by atoms with E-state index < -0.39 is 10.0 Å². The van der Waals surface area contributed by atoms with E-state index in [1.165, 1.54) is 10.9 Å². The predicted molar refractivity (Wildman–Crippen MR) is 71.3 cm³/mol. The smallest absolute Gasteiger partial charge is 0.261 e. The van der Waals surface area contributed by atoms with Gasteiger partial charge in [-0.2, -0.15) is 0 Å². The number of hydrogen-bond donors (Lipinski definition) is 1. The lowest BCUT2D eigenvalue weighted by Gasteiger charge is -2.03. The van der Waals surface area contributed by atoms with Crippen molar-refractivity contribution in [2.24, 2.45) is 7.05 Å². The molecule has 8 heteroatoms. The summed E-state index contributed by atoms with van der Waals surface area (Å²) in [6, 6.07) is 3.84. The van der Waals surface area contributed by atoms with Crippen LogP contribution in [0.5, 0.6) is 0 Å². The molecule has 0 saturated heterocycles. The van der Waals surface area contributed by atoms with Crippen LogP contribution in [0.25, 0.3) is 0 Å². The first kappa shape index (κ1) is 13.5. The van der Waals surface area contributed by atoms with Crippen LogP contribution < -0.4 is 4.72 Å². The Bertz CT molecular complexity index is 660. The Balaban J connectivity index is 2.15. The highest BCUT2D eigenvalue weighted by molar-refractivity contribution is 7.89. The first-order valence-electron chi connectivity index (χ1n) is 5.12. The third-order valence-corrected chi connectivity index (χ3v) is 5.21. The molecule has 0 amide bonds. The molecule has 2 heterocycles. The Morgan fingerprint density at radius 3 is 2.72 bits per heavy atom. The van der Waals surface area contributed by atoms with Crippen molar-refractivity contribution in [1.29, 1.82) is 0 Å². The Morgan fingerprint density at radius 2 is 2.22 bits per heavy atom.